The monoisotopic (exact) mass is 376 g/mol. The predicted molar refractivity (Wildman–Crippen MR) is 99.0 cm³/mol. The fraction of sp³-hybridized carbons (Fsp3) is 0.353. The summed E-state index contributed by atoms with van der Waals surface area (Å²) in [5, 5.41) is 1.68. The van der Waals surface area contributed by atoms with E-state index in [2.05, 4.69) is 14.9 Å². The van der Waals surface area contributed by atoms with Crippen molar-refractivity contribution < 1.29 is 9.47 Å². The number of anilines is 1. The Hall–Kier alpha value is -2.12. The summed E-state index contributed by atoms with van der Waals surface area (Å²) in [5.41, 5.74) is 0.828. The number of halogens is 1. The van der Waals surface area contributed by atoms with E-state index in [0.717, 1.165) is 40.6 Å². The molecule has 0 N–H and O–H groups in total. The van der Waals surface area contributed by atoms with Crippen LogP contribution in [0.1, 0.15) is 6.42 Å². The van der Waals surface area contributed by atoms with Crippen molar-refractivity contribution in [2.45, 2.75) is 6.42 Å². The van der Waals surface area contributed by atoms with Gasteiger partial charge in [0.25, 0.3) is 0 Å². The van der Waals surface area contributed by atoms with E-state index >= 15 is 0 Å². The predicted octanol–water partition coefficient (Wildman–Crippen LogP) is 3.65. The number of hydrogen-bond donors (Lipinski definition) is 0. The minimum absolute atomic E-state index is 0.436. The van der Waals surface area contributed by atoms with Gasteiger partial charge in [0.1, 0.15) is 11.3 Å². The average Bonchev–Trinajstić information content (AvgIpc) is 3.29. The summed E-state index contributed by atoms with van der Waals surface area (Å²) in [6.45, 7) is 2.48. The number of methoxy groups -OCH3 is 1. The maximum atomic E-state index is 6.32. The van der Waals surface area contributed by atoms with Gasteiger partial charge in [0, 0.05) is 31.4 Å². The van der Waals surface area contributed by atoms with E-state index in [0.29, 0.717) is 23.4 Å². The maximum Gasteiger partial charge on any atom is 0.232 e. The zero-order valence-corrected chi connectivity index (χ0v) is 15.3. The number of fused-ring (bicyclic) bond motifs is 1. The highest BCUT2D eigenvalue weighted by atomic mass is 35.5. The van der Waals surface area contributed by atoms with Crippen molar-refractivity contribution in [2.75, 3.05) is 31.7 Å². The Morgan fingerprint density at radius 3 is 3.08 bits per heavy atom. The Bertz CT molecular complexity index is 874. The molecule has 6 nitrogen and oxygen atoms in total. The topological polar surface area (TPSA) is 60.4 Å². The molecular formula is C17H17ClN4O2S. The minimum atomic E-state index is 0.436. The Morgan fingerprint density at radius 1 is 1.36 bits per heavy atom. The van der Waals surface area contributed by atoms with Crippen LogP contribution in [-0.4, -0.2) is 41.8 Å². The van der Waals surface area contributed by atoms with Crippen molar-refractivity contribution in [1.29, 1.82) is 0 Å². The lowest BCUT2D eigenvalue weighted by molar-refractivity contribution is 0.251. The SMILES string of the molecule is COc1ccc(Cl)c2sc(N3CCC(COc4cnccn4)C3)nc12. The van der Waals surface area contributed by atoms with Crippen LogP contribution in [0, 0.1) is 5.92 Å². The quantitative estimate of drug-likeness (QED) is 0.677. The lowest BCUT2D eigenvalue weighted by Gasteiger charge is -2.15. The minimum Gasteiger partial charge on any atom is -0.494 e. The Balaban J connectivity index is 1.46. The zero-order valence-electron chi connectivity index (χ0n) is 13.7. The molecule has 1 aromatic carbocycles. The van der Waals surface area contributed by atoms with Crippen molar-refractivity contribution >= 4 is 38.3 Å². The van der Waals surface area contributed by atoms with Crippen LogP contribution in [0.25, 0.3) is 10.2 Å². The second kappa shape index (κ2) is 7.01. The highest BCUT2D eigenvalue weighted by molar-refractivity contribution is 7.22. The molecule has 0 aliphatic carbocycles. The van der Waals surface area contributed by atoms with Crippen molar-refractivity contribution in [2.24, 2.45) is 5.92 Å². The number of nitrogens with zero attached hydrogens (tertiary/aromatic N) is 4. The molecule has 3 heterocycles. The molecule has 1 atom stereocenters. The van der Waals surface area contributed by atoms with Crippen molar-refractivity contribution in [3.8, 4) is 11.6 Å². The van der Waals surface area contributed by atoms with Crippen LogP contribution in [0.5, 0.6) is 11.6 Å². The van der Waals surface area contributed by atoms with Gasteiger partial charge < -0.3 is 14.4 Å². The van der Waals surface area contributed by atoms with Gasteiger partial charge in [-0.05, 0) is 18.6 Å². The van der Waals surface area contributed by atoms with Crippen molar-refractivity contribution in [1.82, 2.24) is 15.0 Å². The third-order valence-corrected chi connectivity index (χ3v) is 5.81. The van der Waals surface area contributed by atoms with Gasteiger partial charge in [0.05, 0.1) is 29.6 Å². The molecule has 4 rings (SSSR count). The fourth-order valence-corrected chi connectivity index (χ4v) is 4.24. The van der Waals surface area contributed by atoms with Gasteiger partial charge in [-0.3, -0.25) is 4.98 Å². The molecule has 1 aliphatic heterocycles. The highest BCUT2D eigenvalue weighted by Crippen LogP contribution is 2.39. The van der Waals surface area contributed by atoms with Crippen molar-refractivity contribution in [3.63, 3.8) is 0 Å². The van der Waals surface area contributed by atoms with Gasteiger partial charge in [-0.15, -0.1) is 0 Å². The Kier molecular flexibility index (Phi) is 4.59. The lowest BCUT2D eigenvalue weighted by atomic mass is 10.1. The molecule has 1 unspecified atom stereocenters. The normalized spacial score (nSPS) is 17.2. The second-order valence-electron chi connectivity index (χ2n) is 5.88. The number of ether oxygens (including phenoxy) is 2. The van der Waals surface area contributed by atoms with Gasteiger partial charge in [-0.25, -0.2) is 9.97 Å². The average molecular weight is 377 g/mol. The summed E-state index contributed by atoms with van der Waals surface area (Å²) in [6.07, 6.45) is 5.96. The molecule has 2 aromatic heterocycles. The fourth-order valence-electron chi connectivity index (χ4n) is 2.95. The number of hydrogen-bond acceptors (Lipinski definition) is 7. The van der Waals surface area contributed by atoms with Crippen molar-refractivity contribution in [3.05, 3.63) is 35.7 Å². The van der Waals surface area contributed by atoms with Gasteiger partial charge in [0.15, 0.2) is 5.13 Å². The molecule has 0 saturated carbocycles. The molecule has 0 bridgehead atoms. The lowest BCUT2D eigenvalue weighted by Crippen LogP contribution is -2.21. The summed E-state index contributed by atoms with van der Waals surface area (Å²) >= 11 is 7.92. The number of aromatic nitrogens is 3. The number of benzene rings is 1. The van der Waals surface area contributed by atoms with E-state index in [1.54, 1.807) is 37.0 Å². The second-order valence-corrected chi connectivity index (χ2v) is 7.26. The molecule has 1 fully saturated rings. The summed E-state index contributed by atoms with van der Waals surface area (Å²) in [4.78, 5) is 15.2. The molecule has 0 radical (unpaired) electrons. The summed E-state index contributed by atoms with van der Waals surface area (Å²) in [5.74, 6) is 1.76. The van der Waals surface area contributed by atoms with E-state index in [1.165, 1.54) is 0 Å². The molecular weight excluding hydrogens is 360 g/mol. The first-order chi connectivity index (χ1) is 12.2. The molecule has 0 spiro atoms. The van der Waals surface area contributed by atoms with Crippen LogP contribution in [0.15, 0.2) is 30.7 Å². The van der Waals surface area contributed by atoms with Gasteiger partial charge >= 0.3 is 0 Å². The van der Waals surface area contributed by atoms with Crippen LogP contribution in [0.3, 0.4) is 0 Å². The van der Waals surface area contributed by atoms with E-state index in [1.807, 2.05) is 12.1 Å². The molecule has 0 amide bonds. The first kappa shape index (κ1) is 16.4. The van der Waals surface area contributed by atoms with E-state index in [9.17, 15) is 0 Å². The summed E-state index contributed by atoms with van der Waals surface area (Å²) < 4.78 is 12.1. The molecule has 1 saturated heterocycles. The third-order valence-electron chi connectivity index (χ3n) is 4.23. The van der Waals surface area contributed by atoms with Crippen LogP contribution in [0.4, 0.5) is 5.13 Å². The highest BCUT2D eigenvalue weighted by Gasteiger charge is 2.26. The van der Waals surface area contributed by atoms with Gasteiger partial charge in [0.2, 0.25) is 5.88 Å². The van der Waals surface area contributed by atoms with E-state index in [4.69, 9.17) is 26.1 Å². The maximum absolute atomic E-state index is 6.32. The molecule has 1 aliphatic rings. The molecule has 3 aromatic rings. The first-order valence-corrected chi connectivity index (χ1v) is 9.21. The van der Waals surface area contributed by atoms with Crippen LogP contribution < -0.4 is 14.4 Å². The summed E-state index contributed by atoms with van der Waals surface area (Å²) in [7, 11) is 1.65. The first-order valence-electron chi connectivity index (χ1n) is 8.01. The molecule has 8 heteroatoms. The largest absolute Gasteiger partial charge is 0.494 e. The van der Waals surface area contributed by atoms with Crippen LogP contribution in [0.2, 0.25) is 5.02 Å². The van der Waals surface area contributed by atoms with E-state index in [-0.39, 0.29) is 0 Å². The van der Waals surface area contributed by atoms with E-state index < -0.39 is 0 Å². The van der Waals surface area contributed by atoms with Gasteiger partial charge in [-0.2, -0.15) is 0 Å². The zero-order chi connectivity index (χ0) is 17.2. The summed E-state index contributed by atoms with van der Waals surface area (Å²) in [6, 6.07) is 3.71. The number of thiazole rings is 1. The standard InChI is InChI=1S/C17H17ClN4O2S/c1-23-13-3-2-12(18)16-15(13)21-17(25-16)22-7-4-11(9-22)10-24-14-8-19-5-6-20-14/h2-3,5-6,8,11H,4,7,9-10H2,1H3. The van der Waals surface area contributed by atoms with Gasteiger partial charge in [-0.1, -0.05) is 22.9 Å². The third kappa shape index (κ3) is 3.34. The van der Waals surface area contributed by atoms with Crippen LogP contribution >= 0.6 is 22.9 Å². The molecule has 130 valence electrons. The number of rotatable bonds is 5. The van der Waals surface area contributed by atoms with Crippen LogP contribution in [-0.2, 0) is 0 Å². The Morgan fingerprint density at radius 2 is 2.28 bits per heavy atom. The smallest absolute Gasteiger partial charge is 0.232 e. The Labute approximate surface area is 154 Å². The molecule has 25 heavy (non-hydrogen) atoms.